The summed E-state index contributed by atoms with van der Waals surface area (Å²) < 4.78 is 1.16. The molecule has 1 aliphatic carbocycles. The summed E-state index contributed by atoms with van der Waals surface area (Å²) in [6, 6.07) is 2.25. The summed E-state index contributed by atoms with van der Waals surface area (Å²) >= 11 is 3.19. The molecule has 1 aromatic heterocycles. The summed E-state index contributed by atoms with van der Waals surface area (Å²) in [4.78, 5) is 16.2. The Morgan fingerprint density at radius 2 is 2.28 bits per heavy atom. The number of fused-ring (bicyclic) bond motifs is 1. The molecule has 0 bridgehead atoms. The van der Waals surface area contributed by atoms with Gasteiger partial charge < -0.3 is 4.84 Å². The van der Waals surface area contributed by atoms with Crippen LogP contribution >= 0.6 is 23.1 Å². The average Bonchev–Trinajstić information content (AvgIpc) is 2.73. The molecule has 1 heterocycles. The minimum absolute atomic E-state index is 0.401. The first-order valence-electron chi connectivity index (χ1n) is 5.47. The Labute approximate surface area is 114 Å². The van der Waals surface area contributed by atoms with Crippen LogP contribution in [0.1, 0.15) is 29.3 Å². The molecule has 0 spiro atoms. The fraction of sp³-hybridized carbons (Fsp3) is 0.417. The fourth-order valence-electron chi connectivity index (χ4n) is 1.94. The number of rotatable bonds is 2. The van der Waals surface area contributed by atoms with Crippen molar-refractivity contribution in [1.29, 1.82) is 5.26 Å². The normalized spacial score (nSPS) is 16.2. The van der Waals surface area contributed by atoms with E-state index in [2.05, 4.69) is 16.1 Å². The SMILES string of the molecule is CSc1sc(C#N)c2c1C/C(=N/OC(C)=O)CC2. The summed E-state index contributed by atoms with van der Waals surface area (Å²) in [5.41, 5.74) is 3.20. The standard InChI is InChI=1S/C12H12N2O2S2/c1-7(15)16-14-8-3-4-9-10(5-8)12(17-2)18-11(9)6-13/h3-5H2,1-2H3/b14-8+. The molecule has 0 amide bonds. The van der Waals surface area contributed by atoms with E-state index >= 15 is 0 Å². The van der Waals surface area contributed by atoms with E-state index in [1.54, 1.807) is 23.1 Å². The number of hydrogen-bond acceptors (Lipinski definition) is 6. The third kappa shape index (κ3) is 2.57. The topological polar surface area (TPSA) is 62.4 Å². The maximum absolute atomic E-state index is 10.7. The number of oxime groups is 1. The maximum Gasteiger partial charge on any atom is 0.331 e. The van der Waals surface area contributed by atoms with Crippen LogP contribution in [-0.4, -0.2) is 17.9 Å². The first kappa shape index (κ1) is 13.1. The van der Waals surface area contributed by atoms with Gasteiger partial charge in [0.15, 0.2) is 0 Å². The summed E-state index contributed by atoms with van der Waals surface area (Å²) in [6.07, 6.45) is 4.23. The van der Waals surface area contributed by atoms with Gasteiger partial charge in [-0.05, 0) is 30.2 Å². The minimum Gasteiger partial charge on any atom is -0.319 e. The van der Waals surface area contributed by atoms with E-state index in [4.69, 9.17) is 5.26 Å². The predicted octanol–water partition coefficient (Wildman–Crippen LogP) is 2.75. The Kier molecular flexibility index (Phi) is 4.04. The summed E-state index contributed by atoms with van der Waals surface area (Å²) in [6.45, 7) is 1.34. The van der Waals surface area contributed by atoms with Crippen molar-refractivity contribution in [2.45, 2.75) is 30.4 Å². The molecule has 94 valence electrons. The summed E-state index contributed by atoms with van der Waals surface area (Å²) in [7, 11) is 0. The molecule has 0 saturated carbocycles. The largest absolute Gasteiger partial charge is 0.331 e. The molecule has 0 aromatic carbocycles. The quantitative estimate of drug-likeness (QED) is 0.475. The van der Waals surface area contributed by atoms with Crippen molar-refractivity contribution in [1.82, 2.24) is 0 Å². The van der Waals surface area contributed by atoms with Crippen LogP contribution in [-0.2, 0) is 22.5 Å². The van der Waals surface area contributed by atoms with Gasteiger partial charge in [0.05, 0.1) is 9.92 Å². The Balaban J connectivity index is 2.29. The lowest BCUT2D eigenvalue weighted by Gasteiger charge is -2.14. The van der Waals surface area contributed by atoms with E-state index < -0.39 is 5.97 Å². The molecular weight excluding hydrogens is 268 g/mol. The first-order valence-corrected chi connectivity index (χ1v) is 7.51. The molecule has 1 aliphatic rings. The highest BCUT2D eigenvalue weighted by atomic mass is 32.2. The van der Waals surface area contributed by atoms with Crippen LogP contribution in [0.2, 0.25) is 0 Å². The van der Waals surface area contributed by atoms with E-state index in [0.717, 1.165) is 33.2 Å². The minimum atomic E-state index is -0.401. The van der Waals surface area contributed by atoms with E-state index in [-0.39, 0.29) is 0 Å². The van der Waals surface area contributed by atoms with Crippen LogP contribution in [0.4, 0.5) is 0 Å². The molecule has 18 heavy (non-hydrogen) atoms. The van der Waals surface area contributed by atoms with Crippen molar-refractivity contribution in [3.8, 4) is 6.07 Å². The van der Waals surface area contributed by atoms with E-state index in [0.29, 0.717) is 6.42 Å². The van der Waals surface area contributed by atoms with Crippen molar-refractivity contribution in [3.63, 3.8) is 0 Å². The molecular formula is C12H12N2O2S2. The zero-order valence-corrected chi connectivity index (χ0v) is 11.8. The molecule has 6 heteroatoms. The maximum atomic E-state index is 10.7. The second kappa shape index (κ2) is 5.55. The second-order valence-corrected chi connectivity index (χ2v) is 6.00. The van der Waals surface area contributed by atoms with Gasteiger partial charge in [-0.2, -0.15) is 5.26 Å². The monoisotopic (exact) mass is 280 g/mol. The second-order valence-electron chi connectivity index (χ2n) is 3.91. The summed E-state index contributed by atoms with van der Waals surface area (Å²) in [5.74, 6) is -0.401. The van der Waals surface area contributed by atoms with Gasteiger partial charge in [-0.25, -0.2) is 4.79 Å². The Hall–Kier alpha value is -1.32. The zero-order valence-electron chi connectivity index (χ0n) is 10.1. The number of thioether (sulfide) groups is 1. The number of carbonyl (C=O) groups excluding carboxylic acids is 1. The third-order valence-corrected chi connectivity index (χ3v) is 5.05. The van der Waals surface area contributed by atoms with Crippen molar-refractivity contribution in [3.05, 3.63) is 16.0 Å². The lowest BCUT2D eigenvalue weighted by atomic mass is 9.92. The molecule has 1 aromatic rings. The lowest BCUT2D eigenvalue weighted by Crippen LogP contribution is -2.14. The van der Waals surface area contributed by atoms with Crippen molar-refractivity contribution in [2.75, 3.05) is 6.26 Å². The molecule has 0 atom stereocenters. The Morgan fingerprint density at radius 1 is 1.50 bits per heavy atom. The van der Waals surface area contributed by atoms with Crippen LogP contribution in [0, 0.1) is 11.3 Å². The highest BCUT2D eigenvalue weighted by molar-refractivity contribution is 8.00. The van der Waals surface area contributed by atoms with Gasteiger partial charge in [0.25, 0.3) is 0 Å². The molecule has 0 unspecified atom stereocenters. The van der Waals surface area contributed by atoms with Crippen LogP contribution in [0.25, 0.3) is 0 Å². The lowest BCUT2D eigenvalue weighted by molar-refractivity contribution is -0.140. The third-order valence-electron chi connectivity index (χ3n) is 2.71. The van der Waals surface area contributed by atoms with E-state index in [1.807, 2.05) is 6.26 Å². The first-order chi connectivity index (χ1) is 8.65. The van der Waals surface area contributed by atoms with Gasteiger partial charge >= 0.3 is 5.97 Å². The van der Waals surface area contributed by atoms with Gasteiger partial charge in [-0.3, -0.25) is 0 Å². The number of nitriles is 1. The zero-order chi connectivity index (χ0) is 13.1. The van der Waals surface area contributed by atoms with Crippen LogP contribution in [0.3, 0.4) is 0 Å². The van der Waals surface area contributed by atoms with Crippen LogP contribution in [0.15, 0.2) is 9.36 Å². The average molecular weight is 280 g/mol. The molecule has 0 saturated heterocycles. The number of hydrogen-bond donors (Lipinski definition) is 0. The smallest absolute Gasteiger partial charge is 0.319 e. The molecule has 0 radical (unpaired) electrons. The van der Waals surface area contributed by atoms with E-state index in [9.17, 15) is 4.79 Å². The molecule has 4 nitrogen and oxygen atoms in total. The molecule has 0 aliphatic heterocycles. The van der Waals surface area contributed by atoms with Crippen molar-refractivity contribution in [2.24, 2.45) is 5.16 Å². The number of thiophene rings is 1. The molecule has 0 N–H and O–H groups in total. The van der Waals surface area contributed by atoms with Crippen LogP contribution in [0.5, 0.6) is 0 Å². The fourth-order valence-corrected chi connectivity index (χ4v) is 3.87. The van der Waals surface area contributed by atoms with Crippen LogP contribution < -0.4 is 0 Å². The molecule has 0 fully saturated rings. The Bertz CT molecular complexity index is 555. The molecule has 2 rings (SSSR count). The highest BCUT2D eigenvalue weighted by Crippen LogP contribution is 2.38. The van der Waals surface area contributed by atoms with E-state index in [1.165, 1.54) is 12.5 Å². The van der Waals surface area contributed by atoms with Crippen molar-refractivity contribution >= 4 is 34.8 Å². The van der Waals surface area contributed by atoms with Gasteiger partial charge in [-0.15, -0.1) is 23.1 Å². The van der Waals surface area contributed by atoms with Gasteiger partial charge in [0.1, 0.15) is 10.9 Å². The predicted molar refractivity (Wildman–Crippen MR) is 72.0 cm³/mol. The summed E-state index contributed by atoms with van der Waals surface area (Å²) in [5, 5.41) is 13.0. The highest BCUT2D eigenvalue weighted by Gasteiger charge is 2.24. The van der Waals surface area contributed by atoms with Crippen molar-refractivity contribution < 1.29 is 9.63 Å². The Morgan fingerprint density at radius 3 is 2.89 bits per heavy atom. The number of nitrogens with zero attached hydrogens (tertiary/aromatic N) is 2. The number of carbonyl (C=O) groups is 1. The van der Waals surface area contributed by atoms with Gasteiger partial charge in [-0.1, -0.05) is 5.16 Å². The van der Waals surface area contributed by atoms with Gasteiger partial charge in [0, 0.05) is 13.3 Å². The van der Waals surface area contributed by atoms with Gasteiger partial charge in [0.2, 0.25) is 0 Å².